The van der Waals surface area contributed by atoms with Crippen LogP contribution in [0.3, 0.4) is 0 Å². The van der Waals surface area contributed by atoms with Crippen LogP contribution in [0.4, 0.5) is 9.59 Å². The lowest BCUT2D eigenvalue weighted by Gasteiger charge is -2.46. The highest BCUT2D eigenvalue weighted by molar-refractivity contribution is 5.68. The van der Waals surface area contributed by atoms with Crippen molar-refractivity contribution in [2.24, 2.45) is 5.92 Å². The van der Waals surface area contributed by atoms with Gasteiger partial charge in [-0.25, -0.2) is 9.59 Å². The Hall–Kier alpha value is -2.28. The van der Waals surface area contributed by atoms with E-state index in [1.165, 1.54) is 0 Å². The van der Waals surface area contributed by atoms with Gasteiger partial charge in [-0.15, -0.1) is 0 Å². The van der Waals surface area contributed by atoms with E-state index in [9.17, 15) is 9.59 Å². The van der Waals surface area contributed by atoms with Crippen molar-refractivity contribution in [2.75, 3.05) is 32.7 Å². The van der Waals surface area contributed by atoms with Crippen LogP contribution in [-0.2, 0) is 16.1 Å². The van der Waals surface area contributed by atoms with Crippen molar-refractivity contribution in [3.05, 3.63) is 35.9 Å². The normalized spacial score (nSPS) is 23.2. The van der Waals surface area contributed by atoms with E-state index in [2.05, 4.69) is 18.7 Å². The summed E-state index contributed by atoms with van der Waals surface area (Å²) in [5.74, 6) is 0.551. The highest BCUT2D eigenvalue weighted by Gasteiger charge is 2.35. The van der Waals surface area contributed by atoms with Crippen molar-refractivity contribution in [2.45, 2.75) is 71.8 Å². The maximum atomic E-state index is 12.6. The van der Waals surface area contributed by atoms with Gasteiger partial charge in [-0.1, -0.05) is 30.3 Å². The summed E-state index contributed by atoms with van der Waals surface area (Å²) in [4.78, 5) is 31.1. The smallest absolute Gasteiger partial charge is 0.410 e. The molecule has 178 valence electrons. The zero-order valence-corrected chi connectivity index (χ0v) is 20.3. The summed E-state index contributed by atoms with van der Waals surface area (Å²) in [5, 5.41) is 0. The molecule has 2 heterocycles. The lowest BCUT2D eigenvalue weighted by Crippen LogP contribution is -2.59. The third-order valence-electron chi connectivity index (χ3n) is 6.30. The number of nitrogens with zero attached hydrogens (tertiary/aromatic N) is 3. The molecule has 0 aromatic heterocycles. The molecule has 7 nitrogen and oxygen atoms in total. The average Bonchev–Trinajstić information content (AvgIpc) is 2.74. The largest absolute Gasteiger partial charge is 0.445 e. The molecular weight excluding hydrogens is 406 g/mol. The Kier molecular flexibility index (Phi) is 8.04. The van der Waals surface area contributed by atoms with Crippen molar-refractivity contribution in [1.29, 1.82) is 0 Å². The van der Waals surface area contributed by atoms with E-state index in [0.717, 1.165) is 38.0 Å². The number of carbonyl (C=O) groups excluding carboxylic acids is 2. The lowest BCUT2D eigenvalue weighted by atomic mass is 9.94. The molecule has 2 aliphatic rings. The zero-order valence-electron chi connectivity index (χ0n) is 20.3. The minimum absolute atomic E-state index is 0.208. The van der Waals surface area contributed by atoms with Crippen LogP contribution >= 0.6 is 0 Å². The summed E-state index contributed by atoms with van der Waals surface area (Å²) >= 11 is 0. The number of hydrogen-bond acceptors (Lipinski definition) is 5. The molecule has 0 aliphatic carbocycles. The molecule has 0 N–H and O–H groups in total. The second kappa shape index (κ2) is 10.6. The quantitative estimate of drug-likeness (QED) is 0.689. The summed E-state index contributed by atoms with van der Waals surface area (Å²) < 4.78 is 11.0. The first-order valence-electron chi connectivity index (χ1n) is 11.8. The van der Waals surface area contributed by atoms with Crippen molar-refractivity contribution in [3.8, 4) is 0 Å². The summed E-state index contributed by atoms with van der Waals surface area (Å²) in [6.07, 6.45) is 1.52. The molecular formula is C25H39N3O4. The Morgan fingerprint density at radius 3 is 2.09 bits per heavy atom. The molecule has 2 aliphatic heterocycles. The van der Waals surface area contributed by atoms with Crippen LogP contribution in [-0.4, -0.2) is 77.3 Å². The third-order valence-corrected chi connectivity index (χ3v) is 6.30. The Labute approximate surface area is 192 Å². The number of rotatable bonds is 4. The molecule has 0 spiro atoms. The number of carbonyl (C=O) groups is 2. The van der Waals surface area contributed by atoms with Crippen LogP contribution in [0.2, 0.25) is 0 Å². The number of hydrogen-bond donors (Lipinski definition) is 0. The first kappa shape index (κ1) is 24.4. The van der Waals surface area contributed by atoms with Crippen LogP contribution in [0.25, 0.3) is 0 Å². The van der Waals surface area contributed by atoms with E-state index in [-0.39, 0.29) is 24.3 Å². The van der Waals surface area contributed by atoms with Crippen molar-refractivity contribution in [1.82, 2.24) is 14.7 Å². The summed E-state index contributed by atoms with van der Waals surface area (Å²) in [6, 6.07) is 10.3. The van der Waals surface area contributed by atoms with Crippen molar-refractivity contribution >= 4 is 12.2 Å². The molecule has 2 amide bonds. The molecule has 0 saturated carbocycles. The maximum Gasteiger partial charge on any atom is 0.410 e. The SMILES string of the molecule is C[C@H]1CN(C(=O)OCc2ccccc2)C[C@H](C)N1CC1CCN(C(=O)OC(C)(C)C)CC1. The number of piperazine rings is 1. The maximum absolute atomic E-state index is 12.6. The fourth-order valence-electron chi connectivity index (χ4n) is 4.60. The Balaban J connectivity index is 1.44. The van der Waals surface area contributed by atoms with Crippen LogP contribution in [0.15, 0.2) is 30.3 Å². The molecule has 0 bridgehead atoms. The van der Waals surface area contributed by atoms with E-state index >= 15 is 0 Å². The van der Waals surface area contributed by atoms with Crippen molar-refractivity contribution < 1.29 is 19.1 Å². The van der Waals surface area contributed by atoms with Gasteiger partial charge in [-0.3, -0.25) is 4.90 Å². The van der Waals surface area contributed by atoms with Gasteiger partial charge in [0.05, 0.1) is 0 Å². The minimum Gasteiger partial charge on any atom is -0.445 e. The Bertz CT molecular complexity index is 744. The van der Waals surface area contributed by atoms with Crippen LogP contribution < -0.4 is 0 Å². The van der Waals surface area contributed by atoms with Gasteiger partial charge in [0.25, 0.3) is 0 Å². The summed E-state index contributed by atoms with van der Waals surface area (Å²) in [6.45, 7) is 14.2. The number of piperidine rings is 1. The highest BCUT2D eigenvalue weighted by Crippen LogP contribution is 2.25. The number of likely N-dealkylation sites (tertiary alicyclic amines) is 1. The van der Waals surface area contributed by atoms with E-state index in [4.69, 9.17) is 9.47 Å². The van der Waals surface area contributed by atoms with Crippen LogP contribution in [0.1, 0.15) is 53.0 Å². The molecule has 3 rings (SSSR count). The van der Waals surface area contributed by atoms with Gasteiger partial charge in [0.1, 0.15) is 12.2 Å². The number of ether oxygens (including phenoxy) is 2. The molecule has 2 saturated heterocycles. The van der Waals surface area contributed by atoms with E-state index in [1.54, 1.807) is 0 Å². The molecule has 0 unspecified atom stereocenters. The van der Waals surface area contributed by atoms with Crippen LogP contribution in [0, 0.1) is 5.92 Å². The van der Waals surface area contributed by atoms with E-state index in [1.807, 2.05) is 60.9 Å². The average molecular weight is 446 g/mol. The van der Waals surface area contributed by atoms with E-state index < -0.39 is 5.60 Å². The van der Waals surface area contributed by atoms with Gasteiger partial charge < -0.3 is 19.3 Å². The molecule has 2 atom stereocenters. The molecule has 0 radical (unpaired) electrons. The lowest BCUT2D eigenvalue weighted by molar-refractivity contribution is 0.00268. The molecule has 1 aromatic rings. The standard InChI is InChI=1S/C25H39N3O4/c1-19-15-27(23(29)31-18-22-9-7-6-8-10-22)16-20(2)28(19)17-21-11-13-26(14-12-21)24(30)32-25(3,4)5/h6-10,19-21H,11-18H2,1-5H3/t19-,20-/m0/s1. The third kappa shape index (κ3) is 6.86. The number of benzene rings is 1. The summed E-state index contributed by atoms with van der Waals surface area (Å²) in [5.41, 5.74) is 0.541. The Morgan fingerprint density at radius 2 is 1.53 bits per heavy atom. The fraction of sp³-hybridized carbons (Fsp3) is 0.680. The highest BCUT2D eigenvalue weighted by atomic mass is 16.6. The van der Waals surface area contributed by atoms with Gasteiger partial charge in [0, 0.05) is 44.8 Å². The van der Waals surface area contributed by atoms with Crippen LogP contribution in [0.5, 0.6) is 0 Å². The predicted octanol–water partition coefficient (Wildman–Crippen LogP) is 4.36. The van der Waals surface area contributed by atoms with Gasteiger partial charge in [0.15, 0.2) is 0 Å². The van der Waals surface area contributed by atoms with Gasteiger partial charge >= 0.3 is 12.2 Å². The van der Waals surface area contributed by atoms with Gasteiger partial charge in [-0.05, 0) is 58.9 Å². The molecule has 32 heavy (non-hydrogen) atoms. The number of amides is 2. The monoisotopic (exact) mass is 445 g/mol. The zero-order chi connectivity index (χ0) is 23.3. The Morgan fingerprint density at radius 1 is 0.938 bits per heavy atom. The van der Waals surface area contributed by atoms with Crippen molar-refractivity contribution in [3.63, 3.8) is 0 Å². The second-order valence-electron chi connectivity index (χ2n) is 10.3. The summed E-state index contributed by atoms with van der Waals surface area (Å²) in [7, 11) is 0. The second-order valence-corrected chi connectivity index (χ2v) is 10.3. The first-order valence-corrected chi connectivity index (χ1v) is 11.8. The molecule has 1 aromatic carbocycles. The minimum atomic E-state index is -0.458. The van der Waals surface area contributed by atoms with E-state index in [0.29, 0.717) is 25.6 Å². The first-order chi connectivity index (χ1) is 15.1. The fourth-order valence-corrected chi connectivity index (χ4v) is 4.60. The molecule has 7 heteroatoms. The van der Waals surface area contributed by atoms with Gasteiger partial charge in [0.2, 0.25) is 0 Å². The predicted molar refractivity (Wildman–Crippen MR) is 124 cm³/mol. The topological polar surface area (TPSA) is 62.3 Å². The van der Waals surface area contributed by atoms with Gasteiger partial charge in [-0.2, -0.15) is 0 Å². The molecule has 2 fully saturated rings.